The Balaban J connectivity index is 2.05. The number of amides is 1. The lowest BCUT2D eigenvalue weighted by atomic mass is 10.2. The SMILES string of the molecule is COc1ccc(/C=C/C(=O)Nc2ncn[nH]2)cc1OC. The molecule has 2 aromatic rings. The number of anilines is 1. The van der Waals surface area contributed by atoms with Crippen LogP contribution >= 0.6 is 0 Å². The minimum atomic E-state index is -0.309. The topological polar surface area (TPSA) is 89.1 Å². The number of aromatic nitrogens is 3. The van der Waals surface area contributed by atoms with Crippen LogP contribution in [0.4, 0.5) is 5.95 Å². The van der Waals surface area contributed by atoms with E-state index >= 15 is 0 Å². The van der Waals surface area contributed by atoms with E-state index in [1.54, 1.807) is 32.4 Å². The minimum Gasteiger partial charge on any atom is -0.493 e. The zero-order valence-corrected chi connectivity index (χ0v) is 11.1. The summed E-state index contributed by atoms with van der Waals surface area (Å²) >= 11 is 0. The van der Waals surface area contributed by atoms with Crippen molar-refractivity contribution in [2.75, 3.05) is 19.5 Å². The van der Waals surface area contributed by atoms with Crippen LogP contribution in [0.25, 0.3) is 6.08 Å². The van der Waals surface area contributed by atoms with Gasteiger partial charge < -0.3 is 9.47 Å². The number of nitrogens with one attached hydrogen (secondary N) is 2. The van der Waals surface area contributed by atoms with Gasteiger partial charge in [0.2, 0.25) is 5.95 Å². The fraction of sp³-hybridized carbons (Fsp3) is 0.154. The number of methoxy groups -OCH3 is 2. The van der Waals surface area contributed by atoms with Gasteiger partial charge in [-0.3, -0.25) is 10.1 Å². The fourth-order valence-electron chi connectivity index (χ4n) is 1.55. The lowest BCUT2D eigenvalue weighted by Crippen LogP contribution is -2.08. The van der Waals surface area contributed by atoms with Gasteiger partial charge in [-0.2, -0.15) is 10.1 Å². The Labute approximate surface area is 115 Å². The molecule has 0 saturated carbocycles. The summed E-state index contributed by atoms with van der Waals surface area (Å²) in [6, 6.07) is 5.36. The van der Waals surface area contributed by atoms with Crippen LogP contribution in [0.15, 0.2) is 30.6 Å². The zero-order valence-electron chi connectivity index (χ0n) is 11.1. The molecule has 2 N–H and O–H groups in total. The third-order valence-corrected chi connectivity index (χ3v) is 2.49. The van der Waals surface area contributed by atoms with E-state index in [0.717, 1.165) is 5.56 Å². The van der Waals surface area contributed by atoms with E-state index < -0.39 is 0 Å². The van der Waals surface area contributed by atoms with E-state index in [0.29, 0.717) is 17.4 Å². The van der Waals surface area contributed by atoms with Crippen molar-refractivity contribution in [3.05, 3.63) is 36.2 Å². The summed E-state index contributed by atoms with van der Waals surface area (Å²) in [4.78, 5) is 15.4. The van der Waals surface area contributed by atoms with Crippen LogP contribution in [0, 0.1) is 0 Å². The van der Waals surface area contributed by atoms with Gasteiger partial charge in [0.1, 0.15) is 6.33 Å². The summed E-state index contributed by atoms with van der Waals surface area (Å²) in [5.41, 5.74) is 0.815. The van der Waals surface area contributed by atoms with E-state index in [-0.39, 0.29) is 5.91 Å². The smallest absolute Gasteiger partial charge is 0.250 e. The van der Waals surface area contributed by atoms with Gasteiger partial charge in [0, 0.05) is 6.08 Å². The van der Waals surface area contributed by atoms with Crippen molar-refractivity contribution >= 4 is 17.9 Å². The summed E-state index contributed by atoms with van der Waals surface area (Å²) in [6.45, 7) is 0. The monoisotopic (exact) mass is 274 g/mol. The second-order valence-electron chi connectivity index (χ2n) is 3.77. The van der Waals surface area contributed by atoms with Gasteiger partial charge in [0.15, 0.2) is 11.5 Å². The summed E-state index contributed by atoms with van der Waals surface area (Å²) in [5.74, 6) is 1.23. The Kier molecular flexibility index (Phi) is 4.33. The quantitative estimate of drug-likeness (QED) is 0.806. The van der Waals surface area contributed by atoms with Gasteiger partial charge in [-0.15, -0.1) is 0 Å². The maximum Gasteiger partial charge on any atom is 0.250 e. The molecule has 0 fully saturated rings. The van der Waals surface area contributed by atoms with Crippen LogP contribution in [-0.4, -0.2) is 35.3 Å². The first-order valence-corrected chi connectivity index (χ1v) is 5.79. The summed E-state index contributed by atoms with van der Waals surface area (Å²) in [5, 5.41) is 8.70. The van der Waals surface area contributed by atoms with E-state index in [1.807, 2.05) is 6.07 Å². The van der Waals surface area contributed by atoms with Crippen LogP contribution in [0.1, 0.15) is 5.56 Å². The van der Waals surface area contributed by atoms with Crippen molar-refractivity contribution in [1.29, 1.82) is 0 Å². The lowest BCUT2D eigenvalue weighted by molar-refractivity contribution is -0.111. The van der Waals surface area contributed by atoms with Crippen molar-refractivity contribution in [3.63, 3.8) is 0 Å². The molecule has 0 atom stereocenters. The fourth-order valence-corrected chi connectivity index (χ4v) is 1.55. The number of benzene rings is 1. The van der Waals surface area contributed by atoms with Crippen molar-refractivity contribution in [2.45, 2.75) is 0 Å². The molecule has 104 valence electrons. The molecule has 0 saturated heterocycles. The molecular weight excluding hydrogens is 260 g/mol. The van der Waals surface area contributed by atoms with Gasteiger partial charge >= 0.3 is 0 Å². The first-order chi connectivity index (χ1) is 9.72. The Hall–Kier alpha value is -2.83. The molecular formula is C13H14N4O3. The molecule has 1 amide bonds. The predicted octanol–water partition coefficient (Wildman–Crippen LogP) is 1.47. The Morgan fingerprint density at radius 2 is 2.10 bits per heavy atom. The molecule has 0 bridgehead atoms. The number of nitrogens with zero attached hydrogens (tertiary/aromatic N) is 2. The van der Waals surface area contributed by atoms with Crippen LogP contribution in [0.5, 0.6) is 11.5 Å². The third kappa shape index (κ3) is 3.35. The molecule has 20 heavy (non-hydrogen) atoms. The van der Waals surface area contributed by atoms with Crippen molar-refractivity contribution in [2.24, 2.45) is 0 Å². The van der Waals surface area contributed by atoms with E-state index in [2.05, 4.69) is 20.5 Å². The highest BCUT2D eigenvalue weighted by atomic mass is 16.5. The first kappa shape index (κ1) is 13.6. The molecule has 0 spiro atoms. The number of ether oxygens (including phenoxy) is 2. The van der Waals surface area contributed by atoms with Crippen LogP contribution in [0.3, 0.4) is 0 Å². The summed E-state index contributed by atoms with van der Waals surface area (Å²) in [7, 11) is 3.13. The van der Waals surface area contributed by atoms with Gasteiger partial charge in [0.05, 0.1) is 14.2 Å². The average Bonchev–Trinajstić information content (AvgIpc) is 2.97. The molecule has 2 rings (SSSR count). The number of hydrogen-bond acceptors (Lipinski definition) is 5. The van der Waals surface area contributed by atoms with Crippen molar-refractivity contribution < 1.29 is 14.3 Å². The zero-order chi connectivity index (χ0) is 14.4. The van der Waals surface area contributed by atoms with Gasteiger partial charge in [-0.05, 0) is 23.8 Å². The van der Waals surface area contributed by atoms with Gasteiger partial charge in [0.25, 0.3) is 5.91 Å². The van der Waals surface area contributed by atoms with Crippen LogP contribution < -0.4 is 14.8 Å². The number of rotatable bonds is 5. The molecule has 0 radical (unpaired) electrons. The largest absolute Gasteiger partial charge is 0.493 e. The molecule has 7 nitrogen and oxygen atoms in total. The molecule has 0 aliphatic rings. The van der Waals surface area contributed by atoms with E-state index in [4.69, 9.17) is 9.47 Å². The number of H-pyrrole nitrogens is 1. The molecule has 0 aliphatic carbocycles. The first-order valence-electron chi connectivity index (χ1n) is 5.79. The highest BCUT2D eigenvalue weighted by Crippen LogP contribution is 2.27. The Morgan fingerprint density at radius 1 is 1.30 bits per heavy atom. The van der Waals surface area contributed by atoms with Crippen molar-refractivity contribution in [3.8, 4) is 11.5 Å². The van der Waals surface area contributed by atoms with E-state index in [1.165, 1.54) is 12.4 Å². The Morgan fingerprint density at radius 3 is 2.75 bits per heavy atom. The number of aromatic amines is 1. The van der Waals surface area contributed by atoms with Crippen molar-refractivity contribution in [1.82, 2.24) is 15.2 Å². The highest BCUT2D eigenvalue weighted by Gasteiger charge is 2.03. The molecule has 0 aliphatic heterocycles. The van der Waals surface area contributed by atoms with E-state index in [9.17, 15) is 4.79 Å². The predicted molar refractivity (Wildman–Crippen MR) is 73.6 cm³/mol. The van der Waals surface area contributed by atoms with Crippen LogP contribution in [0.2, 0.25) is 0 Å². The molecule has 1 heterocycles. The molecule has 1 aromatic carbocycles. The average molecular weight is 274 g/mol. The van der Waals surface area contributed by atoms with Gasteiger partial charge in [-0.25, -0.2) is 5.10 Å². The number of carbonyl (C=O) groups is 1. The molecule has 7 heteroatoms. The normalized spacial score (nSPS) is 10.5. The Bertz CT molecular complexity index is 608. The van der Waals surface area contributed by atoms with Crippen LogP contribution in [-0.2, 0) is 4.79 Å². The molecule has 0 unspecified atom stereocenters. The van der Waals surface area contributed by atoms with Gasteiger partial charge in [-0.1, -0.05) is 6.07 Å². The standard InChI is InChI=1S/C13H14N4O3/c1-19-10-5-3-9(7-11(10)20-2)4-6-12(18)16-13-14-8-15-17-13/h3-8H,1-2H3,(H2,14,15,16,17,18)/b6-4+. The second-order valence-corrected chi connectivity index (χ2v) is 3.77. The second kappa shape index (κ2) is 6.37. The highest BCUT2D eigenvalue weighted by molar-refractivity contribution is 6.00. The maximum absolute atomic E-state index is 11.6. The number of carbonyl (C=O) groups excluding carboxylic acids is 1. The lowest BCUT2D eigenvalue weighted by Gasteiger charge is -2.07. The summed E-state index contributed by atoms with van der Waals surface area (Å²) < 4.78 is 10.3. The third-order valence-electron chi connectivity index (χ3n) is 2.49. The number of hydrogen-bond donors (Lipinski definition) is 2. The minimum absolute atomic E-state index is 0.298. The summed E-state index contributed by atoms with van der Waals surface area (Å²) in [6.07, 6.45) is 4.37. The molecule has 1 aromatic heterocycles. The maximum atomic E-state index is 11.6.